The Morgan fingerprint density at radius 2 is 1.61 bits per heavy atom. The summed E-state index contributed by atoms with van der Waals surface area (Å²) in [6, 6.07) is 45.5. The molecule has 2 atom stereocenters. The van der Waals surface area contributed by atoms with Gasteiger partial charge in [0, 0.05) is 43.0 Å². The predicted molar refractivity (Wildman–Crippen MR) is 188 cm³/mol. The second kappa shape index (κ2) is 12.1. The van der Waals surface area contributed by atoms with Crippen molar-refractivity contribution in [3.63, 3.8) is 0 Å². The Balaban J connectivity index is 1.33. The van der Waals surface area contributed by atoms with Crippen LogP contribution in [-0.4, -0.2) is 17.9 Å². The number of pyridine rings is 1. The molecule has 0 spiro atoms. The van der Waals surface area contributed by atoms with Crippen LogP contribution in [0.25, 0.3) is 10.9 Å². The van der Waals surface area contributed by atoms with E-state index in [0.29, 0.717) is 11.4 Å². The zero-order chi connectivity index (χ0) is 31.1. The number of rotatable bonds is 6. The highest BCUT2D eigenvalue weighted by molar-refractivity contribution is 8.00. The summed E-state index contributed by atoms with van der Waals surface area (Å²) in [6.45, 7) is 0. The monoisotopic (exact) mass is 657 g/mol. The van der Waals surface area contributed by atoms with E-state index >= 15 is 0 Å². The van der Waals surface area contributed by atoms with Crippen molar-refractivity contribution in [3.05, 3.63) is 155 Å². The Labute approximate surface area is 281 Å². The van der Waals surface area contributed by atoms with E-state index < -0.39 is 5.72 Å². The van der Waals surface area contributed by atoms with Gasteiger partial charge in [-0.2, -0.15) is 0 Å². The molecule has 1 aromatic heterocycles. The molecule has 3 heterocycles. The maximum atomic E-state index is 6.74. The summed E-state index contributed by atoms with van der Waals surface area (Å²) in [4.78, 5) is 16.5. The van der Waals surface area contributed by atoms with Gasteiger partial charge in [0.2, 0.25) is 5.72 Å². The Morgan fingerprint density at radius 3 is 2.41 bits per heavy atom. The molecule has 2 unspecified atom stereocenters. The Morgan fingerprint density at radius 1 is 0.870 bits per heavy atom. The molecule has 46 heavy (non-hydrogen) atoms. The van der Waals surface area contributed by atoms with Crippen LogP contribution in [0, 0.1) is 0 Å². The molecule has 8 heteroatoms. The molecule has 6 aromatic rings. The van der Waals surface area contributed by atoms with Gasteiger partial charge in [-0.1, -0.05) is 77.0 Å². The molecule has 0 radical (unpaired) electrons. The van der Waals surface area contributed by atoms with Crippen molar-refractivity contribution in [3.8, 4) is 5.75 Å². The summed E-state index contributed by atoms with van der Waals surface area (Å²) < 4.78 is 5.54. The minimum Gasteiger partial charge on any atom is -0.497 e. The van der Waals surface area contributed by atoms with Crippen LogP contribution in [-0.2, 0) is 10.6 Å². The number of anilines is 1. The van der Waals surface area contributed by atoms with Crippen LogP contribution in [0.5, 0.6) is 5.75 Å². The topological polar surface area (TPSA) is 47.0 Å². The highest BCUT2D eigenvalue weighted by atomic mass is 35.5. The van der Waals surface area contributed by atoms with Crippen LogP contribution in [0.3, 0.4) is 0 Å². The maximum absolute atomic E-state index is 6.74. The van der Waals surface area contributed by atoms with Gasteiger partial charge in [0.05, 0.1) is 18.3 Å². The van der Waals surface area contributed by atoms with E-state index in [0.717, 1.165) is 59.7 Å². The van der Waals surface area contributed by atoms with Crippen molar-refractivity contribution in [1.29, 1.82) is 0 Å². The van der Waals surface area contributed by atoms with Crippen molar-refractivity contribution in [2.75, 3.05) is 12.0 Å². The molecular formula is C38H28ClN3O2S2. The molecule has 2 aliphatic rings. The van der Waals surface area contributed by atoms with Crippen molar-refractivity contribution in [2.24, 2.45) is 5.16 Å². The largest absolute Gasteiger partial charge is 0.497 e. The van der Waals surface area contributed by atoms with Gasteiger partial charge < -0.3 is 9.57 Å². The first kappa shape index (κ1) is 29.0. The first-order valence-electron chi connectivity index (χ1n) is 15.0. The number of halogens is 1. The number of benzene rings is 5. The van der Waals surface area contributed by atoms with Gasteiger partial charge >= 0.3 is 0 Å². The van der Waals surface area contributed by atoms with E-state index in [4.69, 9.17) is 31.3 Å². The zero-order valence-electron chi connectivity index (χ0n) is 24.8. The summed E-state index contributed by atoms with van der Waals surface area (Å²) in [5.74, 6) is 1.51. The van der Waals surface area contributed by atoms with Gasteiger partial charge in [-0.25, -0.2) is 4.98 Å². The molecule has 0 amide bonds. The number of fused-ring (bicyclic) bond motifs is 4. The third-order valence-electron chi connectivity index (χ3n) is 8.36. The van der Waals surface area contributed by atoms with Gasteiger partial charge in [0.15, 0.2) is 5.84 Å². The number of para-hydroxylation sites is 2. The SMILES string of the molecule is COc1ccc(C23CC(c4cc5ccccc5nc4Sc4ccccc4)Sc4ccccc4N2C(c2ccc(Cl)cc2)=NO3)cc1. The summed E-state index contributed by atoms with van der Waals surface area (Å²) in [6.07, 6.45) is 0.599. The van der Waals surface area contributed by atoms with Crippen LogP contribution >= 0.6 is 35.1 Å². The van der Waals surface area contributed by atoms with Gasteiger partial charge in [-0.05, 0) is 90.5 Å². The van der Waals surface area contributed by atoms with Gasteiger partial charge in [0.25, 0.3) is 0 Å². The molecule has 0 saturated carbocycles. The fourth-order valence-electron chi connectivity index (χ4n) is 6.13. The van der Waals surface area contributed by atoms with Crippen LogP contribution < -0.4 is 9.64 Å². The minimum absolute atomic E-state index is 0.0312. The molecule has 0 saturated heterocycles. The van der Waals surface area contributed by atoms with Gasteiger partial charge in [-0.3, -0.25) is 4.90 Å². The number of hydrogen-bond acceptors (Lipinski definition) is 7. The van der Waals surface area contributed by atoms with Crippen molar-refractivity contribution < 1.29 is 9.57 Å². The standard InChI is InChI=1S/C38H28ClN3O2S2/c1-43-29-21-17-27(18-22-29)38-24-35(31-23-26-9-5-6-12-32(26)40-37(31)45-30-10-3-2-4-11-30)46-34-14-8-7-13-33(34)42(38)36(41-44-38)25-15-19-28(39)20-16-25/h2-23,35H,24H2,1H3. The highest BCUT2D eigenvalue weighted by Gasteiger charge is 2.53. The zero-order valence-corrected chi connectivity index (χ0v) is 27.2. The average Bonchev–Trinajstić information content (AvgIpc) is 3.41. The van der Waals surface area contributed by atoms with E-state index in [9.17, 15) is 0 Å². The van der Waals surface area contributed by atoms with E-state index in [2.05, 4.69) is 89.8 Å². The third-order valence-corrected chi connectivity index (χ3v) is 10.9. The van der Waals surface area contributed by atoms with Gasteiger partial charge in [0.1, 0.15) is 10.8 Å². The fraction of sp³-hybridized carbons (Fsp3) is 0.105. The minimum atomic E-state index is -0.953. The summed E-state index contributed by atoms with van der Waals surface area (Å²) >= 11 is 9.85. The Kier molecular flexibility index (Phi) is 7.61. The molecule has 0 fully saturated rings. The predicted octanol–water partition coefficient (Wildman–Crippen LogP) is 10.3. The third kappa shape index (κ3) is 5.18. The van der Waals surface area contributed by atoms with Crippen LogP contribution in [0.4, 0.5) is 5.69 Å². The van der Waals surface area contributed by atoms with E-state index in [1.54, 1.807) is 18.9 Å². The van der Waals surface area contributed by atoms with E-state index in [1.807, 2.05) is 60.3 Å². The summed E-state index contributed by atoms with van der Waals surface area (Å²) in [7, 11) is 1.68. The second-order valence-electron chi connectivity index (χ2n) is 11.1. The number of ether oxygens (including phenoxy) is 1. The summed E-state index contributed by atoms with van der Waals surface area (Å²) in [5.41, 5.74) is 4.11. The van der Waals surface area contributed by atoms with Crippen molar-refractivity contribution in [1.82, 2.24) is 4.98 Å². The number of nitrogens with zero attached hydrogens (tertiary/aromatic N) is 3. The Bertz CT molecular complexity index is 2070. The number of aromatic nitrogens is 1. The molecule has 0 N–H and O–H groups in total. The van der Waals surface area contributed by atoms with Crippen LogP contribution in [0.2, 0.25) is 5.02 Å². The lowest BCUT2D eigenvalue weighted by atomic mass is 9.92. The van der Waals surface area contributed by atoms with E-state index in [1.165, 1.54) is 0 Å². The maximum Gasteiger partial charge on any atom is 0.242 e. The number of oxime groups is 1. The molecule has 0 bridgehead atoms. The second-order valence-corrected chi connectivity index (χ2v) is 13.9. The number of hydrogen-bond donors (Lipinski definition) is 0. The van der Waals surface area contributed by atoms with Crippen LogP contribution in [0.1, 0.15) is 28.4 Å². The first-order chi connectivity index (χ1) is 22.6. The molecule has 2 aliphatic heterocycles. The molecule has 5 aromatic carbocycles. The fourth-order valence-corrected chi connectivity index (χ4v) is 8.67. The molecule has 0 aliphatic carbocycles. The molecular weight excluding hydrogens is 630 g/mol. The smallest absolute Gasteiger partial charge is 0.242 e. The van der Waals surface area contributed by atoms with Crippen molar-refractivity contribution >= 4 is 57.6 Å². The number of amidine groups is 1. The molecule has 8 rings (SSSR count). The quantitative estimate of drug-likeness (QED) is 0.178. The van der Waals surface area contributed by atoms with Crippen LogP contribution in [0.15, 0.2) is 153 Å². The Hall–Kier alpha value is -4.43. The molecule has 5 nitrogen and oxygen atoms in total. The normalized spacial score (nSPS) is 18.7. The highest BCUT2D eigenvalue weighted by Crippen LogP contribution is 2.57. The lowest BCUT2D eigenvalue weighted by molar-refractivity contribution is -0.0284. The lowest BCUT2D eigenvalue weighted by Crippen LogP contribution is -2.47. The number of methoxy groups -OCH3 is 1. The van der Waals surface area contributed by atoms with E-state index in [-0.39, 0.29) is 5.25 Å². The lowest BCUT2D eigenvalue weighted by Gasteiger charge is -2.38. The van der Waals surface area contributed by atoms with Crippen molar-refractivity contribution in [2.45, 2.75) is 32.2 Å². The van der Waals surface area contributed by atoms with Gasteiger partial charge in [-0.15, -0.1) is 11.8 Å². The number of thioether (sulfide) groups is 1. The molecule has 226 valence electrons. The first-order valence-corrected chi connectivity index (χ1v) is 17.0. The average molecular weight is 658 g/mol. The summed E-state index contributed by atoms with van der Waals surface area (Å²) in [5, 5.41) is 7.54.